The Bertz CT molecular complexity index is 2670. The Hall–Kier alpha value is -5.00. The topological polar surface area (TPSA) is 229 Å². The Kier molecular flexibility index (Phi) is 15.3. The zero-order valence-electron chi connectivity index (χ0n) is 33.9. The fraction of sp³-hybridized carbons (Fsp3) is 0.238. The van der Waals surface area contributed by atoms with E-state index in [0.29, 0.717) is 80.1 Å². The molecule has 64 heavy (non-hydrogen) atoms. The summed E-state index contributed by atoms with van der Waals surface area (Å²) in [4.78, 5) is 37.9. The first kappa shape index (κ1) is 47.0. The van der Waals surface area contributed by atoms with Crippen molar-refractivity contribution < 1.29 is 35.9 Å². The summed E-state index contributed by atoms with van der Waals surface area (Å²) in [5.74, 6) is 0.121. The van der Waals surface area contributed by atoms with E-state index in [1.54, 1.807) is 79.0 Å². The van der Waals surface area contributed by atoms with Crippen molar-refractivity contribution in [2.75, 3.05) is 73.0 Å². The van der Waals surface area contributed by atoms with Crippen molar-refractivity contribution in [3.63, 3.8) is 0 Å². The Balaban J connectivity index is 0.000000191. The number of sulfonamides is 2. The number of halogens is 2. The lowest BCUT2D eigenvalue weighted by Crippen LogP contribution is -2.36. The average Bonchev–Trinajstić information content (AvgIpc) is 3.97. The van der Waals surface area contributed by atoms with Crippen molar-refractivity contribution in [1.82, 2.24) is 9.97 Å². The number of anilines is 4. The molecule has 16 nitrogen and oxygen atoms in total. The van der Waals surface area contributed by atoms with Crippen molar-refractivity contribution in [3.8, 4) is 21.1 Å². The van der Waals surface area contributed by atoms with Gasteiger partial charge in [-0.05, 0) is 59.7 Å². The van der Waals surface area contributed by atoms with E-state index in [-0.39, 0.29) is 34.4 Å². The summed E-state index contributed by atoms with van der Waals surface area (Å²) in [6.07, 6.45) is 1.83. The van der Waals surface area contributed by atoms with Crippen molar-refractivity contribution >= 4 is 99.9 Å². The SMILES string of the molecule is NS(=O)(=O)c1cc(NC(=O)Cc2ccccc2Cl)ccc1-c1nc(N2CCOCC2)cs1.NS(=O)(=O)c1cc(NC(=O)Cc2ccccc2Cl)ccc1-c1ncc(N2CCOCC2)s1. The first-order valence-electron chi connectivity index (χ1n) is 19.6. The number of nitrogens with one attached hydrogen (secondary N) is 2. The van der Waals surface area contributed by atoms with Crippen LogP contribution in [0, 0.1) is 0 Å². The normalized spacial score (nSPS) is 14.4. The van der Waals surface area contributed by atoms with Crippen LogP contribution in [0.15, 0.2) is 106 Å². The smallest absolute Gasteiger partial charge is 0.238 e. The lowest BCUT2D eigenvalue weighted by Gasteiger charge is -2.26. The third kappa shape index (κ3) is 12.2. The minimum atomic E-state index is -4.06. The zero-order valence-corrected chi connectivity index (χ0v) is 38.7. The second kappa shape index (κ2) is 20.9. The number of hydrogen-bond acceptors (Lipinski definition) is 14. The Labute approximate surface area is 388 Å². The number of morpholine rings is 2. The predicted octanol–water partition coefficient (Wildman–Crippen LogP) is 6.26. The number of amides is 2. The van der Waals surface area contributed by atoms with Crippen LogP contribution in [0.25, 0.3) is 21.1 Å². The summed E-state index contributed by atoms with van der Waals surface area (Å²) in [5, 5.41) is 21.2. The molecule has 8 rings (SSSR count). The maximum atomic E-state index is 12.5. The van der Waals surface area contributed by atoms with Crippen molar-refractivity contribution in [2.24, 2.45) is 10.3 Å². The van der Waals surface area contributed by atoms with Crippen LogP contribution in [0.4, 0.5) is 22.2 Å². The quantitative estimate of drug-likeness (QED) is 0.107. The number of carbonyl (C=O) groups is 2. The molecule has 6 N–H and O–H groups in total. The fourth-order valence-corrected chi connectivity index (χ4v) is 10.6. The first-order chi connectivity index (χ1) is 30.6. The summed E-state index contributed by atoms with van der Waals surface area (Å²) in [7, 11) is -8.12. The van der Waals surface area contributed by atoms with E-state index in [1.165, 1.54) is 34.8 Å². The zero-order chi connectivity index (χ0) is 45.4. The van der Waals surface area contributed by atoms with Gasteiger partial charge < -0.3 is 29.9 Å². The second-order valence-corrected chi connectivity index (χ2v) is 20.1. The minimum Gasteiger partial charge on any atom is -0.378 e. The lowest BCUT2D eigenvalue weighted by atomic mass is 10.1. The van der Waals surface area contributed by atoms with E-state index < -0.39 is 20.0 Å². The molecule has 0 aliphatic carbocycles. The molecular weight excluding hydrogens is 944 g/mol. The van der Waals surface area contributed by atoms with Gasteiger partial charge in [-0.25, -0.2) is 37.1 Å². The van der Waals surface area contributed by atoms with Gasteiger partial charge in [-0.3, -0.25) is 9.59 Å². The number of nitrogens with zero attached hydrogens (tertiary/aromatic N) is 4. The van der Waals surface area contributed by atoms with Gasteiger partial charge >= 0.3 is 0 Å². The Morgan fingerprint density at radius 3 is 1.62 bits per heavy atom. The maximum Gasteiger partial charge on any atom is 0.238 e. The minimum absolute atomic E-state index is 0.0571. The van der Waals surface area contributed by atoms with Crippen LogP contribution in [-0.2, 0) is 52.0 Å². The van der Waals surface area contributed by atoms with Gasteiger partial charge in [0.25, 0.3) is 0 Å². The molecule has 2 aliphatic rings. The molecule has 2 aromatic heterocycles. The number of thiazole rings is 2. The number of ether oxygens (including phenoxy) is 2. The molecule has 0 bridgehead atoms. The molecule has 336 valence electrons. The van der Waals surface area contributed by atoms with Crippen molar-refractivity contribution in [1.29, 1.82) is 0 Å². The molecule has 0 saturated carbocycles. The number of benzene rings is 4. The largest absolute Gasteiger partial charge is 0.378 e. The maximum absolute atomic E-state index is 12.5. The highest BCUT2D eigenvalue weighted by Crippen LogP contribution is 2.37. The van der Waals surface area contributed by atoms with E-state index >= 15 is 0 Å². The third-order valence-corrected chi connectivity index (χ3v) is 14.5. The molecule has 2 saturated heterocycles. The van der Waals surface area contributed by atoms with Gasteiger partial charge in [0, 0.05) is 64.1 Å². The van der Waals surface area contributed by atoms with E-state index in [9.17, 15) is 26.4 Å². The van der Waals surface area contributed by atoms with Crippen molar-refractivity contribution in [2.45, 2.75) is 22.6 Å². The molecule has 0 radical (unpaired) electrons. The van der Waals surface area contributed by atoms with Crippen LogP contribution in [0.1, 0.15) is 11.1 Å². The van der Waals surface area contributed by atoms with Gasteiger partial charge in [0.1, 0.15) is 20.8 Å². The number of primary sulfonamides is 2. The van der Waals surface area contributed by atoms with Crippen LogP contribution in [0.5, 0.6) is 0 Å². The summed E-state index contributed by atoms with van der Waals surface area (Å²) < 4.78 is 60.0. The Morgan fingerprint density at radius 1 is 0.672 bits per heavy atom. The number of hydrogen-bond donors (Lipinski definition) is 4. The first-order valence-corrected chi connectivity index (χ1v) is 25.1. The van der Waals surface area contributed by atoms with Crippen LogP contribution < -0.4 is 30.7 Å². The highest BCUT2D eigenvalue weighted by molar-refractivity contribution is 7.89. The predicted molar refractivity (Wildman–Crippen MR) is 251 cm³/mol. The lowest BCUT2D eigenvalue weighted by molar-refractivity contribution is -0.116. The number of nitrogens with two attached hydrogens (primary N) is 2. The van der Waals surface area contributed by atoms with E-state index in [0.717, 1.165) is 37.0 Å². The Morgan fingerprint density at radius 2 is 1.14 bits per heavy atom. The molecule has 2 aliphatic heterocycles. The summed E-state index contributed by atoms with van der Waals surface area (Å²) in [5.41, 5.74) is 2.77. The van der Waals surface area contributed by atoms with Gasteiger partial charge in [0.05, 0.1) is 55.3 Å². The van der Waals surface area contributed by atoms with E-state index in [4.69, 9.17) is 43.0 Å². The molecule has 2 fully saturated rings. The number of carbonyl (C=O) groups excluding carboxylic acids is 2. The summed E-state index contributed by atoms with van der Waals surface area (Å²) in [6, 6.07) is 23.3. The molecule has 2 amide bonds. The van der Waals surface area contributed by atoms with E-state index in [1.807, 2.05) is 5.38 Å². The fourth-order valence-electron chi connectivity index (χ4n) is 6.71. The van der Waals surface area contributed by atoms with Gasteiger partial charge in [-0.1, -0.05) is 70.9 Å². The molecule has 0 unspecified atom stereocenters. The molecule has 0 atom stereocenters. The monoisotopic (exact) mass is 984 g/mol. The van der Waals surface area contributed by atoms with E-state index in [2.05, 4.69) is 30.4 Å². The summed E-state index contributed by atoms with van der Waals surface area (Å²) >= 11 is 14.9. The van der Waals surface area contributed by atoms with Crippen LogP contribution in [0.2, 0.25) is 10.0 Å². The molecule has 0 spiro atoms. The summed E-state index contributed by atoms with van der Waals surface area (Å²) in [6.45, 7) is 5.47. The molecular formula is C42H42Cl2N8O8S4. The van der Waals surface area contributed by atoms with Crippen LogP contribution in [-0.4, -0.2) is 91.2 Å². The highest BCUT2D eigenvalue weighted by Gasteiger charge is 2.23. The average molecular weight is 986 g/mol. The van der Waals surface area contributed by atoms with Crippen LogP contribution in [0.3, 0.4) is 0 Å². The number of rotatable bonds is 12. The molecule has 6 aromatic rings. The van der Waals surface area contributed by atoms with Gasteiger partial charge in [0.2, 0.25) is 31.9 Å². The second-order valence-electron chi connectivity index (χ2n) is 14.4. The molecule has 4 aromatic carbocycles. The van der Waals surface area contributed by atoms with Crippen molar-refractivity contribution in [3.05, 3.63) is 118 Å². The van der Waals surface area contributed by atoms with Gasteiger partial charge in [-0.15, -0.1) is 11.3 Å². The van der Waals surface area contributed by atoms with Gasteiger partial charge in [0.15, 0.2) is 0 Å². The third-order valence-electron chi connectivity index (χ3n) is 9.87. The number of aromatic nitrogens is 2. The van der Waals surface area contributed by atoms with Crippen LogP contribution >= 0.6 is 45.9 Å². The highest BCUT2D eigenvalue weighted by atomic mass is 35.5. The molecule has 22 heteroatoms. The van der Waals surface area contributed by atoms with Gasteiger partial charge in [-0.2, -0.15) is 0 Å². The standard InChI is InChI=1S/2C21H21ClN4O4S2/c22-17-4-2-1-3-14(17)11-20(27)24-15-5-6-16(18(12-15)32(23,28)29)21-25-19(13-31-21)26-7-9-30-10-8-26;22-17-4-2-1-3-14(17)11-19(27)25-15-5-6-16(18(12-15)32(23,28)29)21-24-13-20(31-21)26-7-9-30-10-8-26/h1-6,12-13H,7-11H2,(H,24,27)(H2,23,28,29);1-6,12-13H,7-11H2,(H,25,27)(H2,23,28,29). The molecule has 4 heterocycles.